The summed E-state index contributed by atoms with van der Waals surface area (Å²) in [6.45, 7) is 3.96. The molecule has 0 N–H and O–H groups in total. The Hall–Kier alpha value is -1.95. The first-order valence-electron chi connectivity index (χ1n) is 7.12. The van der Waals surface area contributed by atoms with Crippen molar-refractivity contribution in [1.29, 1.82) is 0 Å². The van der Waals surface area contributed by atoms with E-state index in [0.717, 1.165) is 17.7 Å². The van der Waals surface area contributed by atoms with Gasteiger partial charge in [0.25, 0.3) is 0 Å². The summed E-state index contributed by atoms with van der Waals surface area (Å²) in [6, 6.07) is 8.17. The number of aryl methyl sites for hydroxylation is 1. The van der Waals surface area contributed by atoms with Crippen LogP contribution in [0.15, 0.2) is 30.5 Å². The molecule has 1 aromatic carbocycles. The van der Waals surface area contributed by atoms with Crippen molar-refractivity contribution >= 4 is 0 Å². The second-order valence-electron chi connectivity index (χ2n) is 5.61. The van der Waals surface area contributed by atoms with Crippen LogP contribution in [0.2, 0.25) is 0 Å². The van der Waals surface area contributed by atoms with E-state index in [1.807, 2.05) is 31.2 Å². The Morgan fingerprint density at radius 3 is 2.59 bits per heavy atom. The molecule has 0 saturated heterocycles. The lowest BCUT2D eigenvalue weighted by atomic mass is 10.1. The molecule has 0 radical (unpaired) electrons. The number of aromatic nitrogens is 2. The van der Waals surface area contributed by atoms with Gasteiger partial charge in [0.1, 0.15) is 0 Å². The molecule has 6 heteroatoms. The molecule has 116 valence electrons. The number of halogens is 3. The number of rotatable bonds is 2. The van der Waals surface area contributed by atoms with Crippen molar-refractivity contribution in [3.05, 3.63) is 58.7 Å². The monoisotopic (exact) mass is 307 g/mol. The van der Waals surface area contributed by atoms with E-state index in [2.05, 4.69) is 14.9 Å². The summed E-state index contributed by atoms with van der Waals surface area (Å²) in [5.74, 6) is -1.05. The maximum atomic E-state index is 12.7. The van der Waals surface area contributed by atoms with Gasteiger partial charge >= 0.3 is 6.18 Å². The highest BCUT2D eigenvalue weighted by atomic mass is 19.4. The summed E-state index contributed by atoms with van der Waals surface area (Å²) >= 11 is 0. The Labute approximate surface area is 126 Å². The second kappa shape index (κ2) is 5.68. The van der Waals surface area contributed by atoms with Gasteiger partial charge in [0.05, 0.1) is 5.69 Å². The van der Waals surface area contributed by atoms with Crippen LogP contribution in [-0.4, -0.2) is 21.4 Å². The standard InChI is InChI=1S/C16H16F3N3/c1-11-2-4-12(5-3-11)9-22-7-6-13-8-20-15(16(17,18)19)21-14(13)10-22/h2-5,8H,6-7,9-10H2,1H3. The van der Waals surface area contributed by atoms with Gasteiger partial charge in [0.15, 0.2) is 0 Å². The number of hydrogen-bond acceptors (Lipinski definition) is 3. The molecule has 1 aromatic heterocycles. The van der Waals surface area contributed by atoms with E-state index in [9.17, 15) is 13.2 Å². The Morgan fingerprint density at radius 2 is 1.91 bits per heavy atom. The molecule has 0 unspecified atom stereocenters. The molecule has 0 spiro atoms. The zero-order valence-corrected chi connectivity index (χ0v) is 12.2. The lowest BCUT2D eigenvalue weighted by Crippen LogP contribution is -2.31. The molecule has 0 fully saturated rings. The zero-order valence-electron chi connectivity index (χ0n) is 12.2. The van der Waals surface area contributed by atoms with Crippen molar-refractivity contribution in [1.82, 2.24) is 14.9 Å². The Balaban J connectivity index is 1.76. The van der Waals surface area contributed by atoms with E-state index in [4.69, 9.17) is 0 Å². The van der Waals surface area contributed by atoms with Gasteiger partial charge in [-0.05, 0) is 24.5 Å². The van der Waals surface area contributed by atoms with Crippen molar-refractivity contribution in [3.8, 4) is 0 Å². The SMILES string of the molecule is Cc1ccc(CN2CCc3cnc(C(F)(F)F)nc3C2)cc1. The minimum Gasteiger partial charge on any atom is -0.293 e. The first-order chi connectivity index (χ1) is 10.4. The highest BCUT2D eigenvalue weighted by molar-refractivity contribution is 5.24. The molecule has 3 nitrogen and oxygen atoms in total. The molecule has 2 aromatic rings. The Kier molecular flexibility index (Phi) is 3.87. The van der Waals surface area contributed by atoms with Gasteiger partial charge in [-0.25, -0.2) is 9.97 Å². The normalized spacial score (nSPS) is 15.6. The predicted molar refractivity (Wildman–Crippen MR) is 76.0 cm³/mol. The third kappa shape index (κ3) is 3.27. The molecular formula is C16H16F3N3. The largest absolute Gasteiger partial charge is 0.451 e. The van der Waals surface area contributed by atoms with E-state index in [1.165, 1.54) is 11.8 Å². The van der Waals surface area contributed by atoms with Gasteiger partial charge in [-0.15, -0.1) is 0 Å². The fourth-order valence-electron chi connectivity index (χ4n) is 2.58. The molecule has 0 bridgehead atoms. The summed E-state index contributed by atoms with van der Waals surface area (Å²) < 4.78 is 38.1. The van der Waals surface area contributed by atoms with Gasteiger partial charge in [-0.3, -0.25) is 4.90 Å². The number of benzene rings is 1. The molecule has 0 atom stereocenters. The van der Waals surface area contributed by atoms with Crippen molar-refractivity contribution < 1.29 is 13.2 Å². The molecule has 0 amide bonds. The van der Waals surface area contributed by atoms with Crippen LogP contribution in [0.25, 0.3) is 0 Å². The fraction of sp³-hybridized carbons (Fsp3) is 0.375. The van der Waals surface area contributed by atoms with E-state index in [0.29, 0.717) is 25.2 Å². The molecule has 0 saturated carbocycles. The average Bonchev–Trinajstić information content (AvgIpc) is 2.48. The van der Waals surface area contributed by atoms with E-state index in [-0.39, 0.29) is 0 Å². The molecule has 1 aliphatic rings. The van der Waals surface area contributed by atoms with Crippen molar-refractivity contribution in [2.45, 2.75) is 32.6 Å². The Bertz CT molecular complexity index is 665. The number of nitrogens with zero attached hydrogens (tertiary/aromatic N) is 3. The molecular weight excluding hydrogens is 291 g/mol. The lowest BCUT2D eigenvalue weighted by Gasteiger charge is -2.28. The minimum atomic E-state index is -4.49. The van der Waals surface area contributed by atoms with Crippen LogP contribution in [0.4, 0.5) is 13.2 Å². The number of fused-ring (bicyclic) bond motifs is 1. The zero-order chi connectivity index (χ0) is 15.7. The predicted octanol–water partition coefficient (Wildman–Crippen LogP) is 3.36. The first-order valence-corrected chi connectivity index (χ1v) is 7.12. The van der Waals surface area contributed by atoms with Crippen LogP contribution in [-0.2, 0) is 25.7 Å². The molecule has 0 aliphatic carbocycles. The summed E-state index contributed by atoms with van der Waals surface area (Å²) in [6.07, 6.45) is -2.50. The summed E-state index contributed by atoms with van der Waals surface area (Å²) in [5.41, 5.74) is 3.64. The third-order valence-electron chi connectivity index (χ3n) is 3.81. The Morgan fingerprint density at radius 1 is 1.18 bits per heavy atom. The van der Waals surface area contributed by atoms with Gasteiger partial charge in [-0.1, -0.05) is 29.8 Å². The van der Waals surface area contributed by atoms with Crippen molar-refractivity contribution in [2.24, 2.45) is 0 Å². The molecule has 1 aliphatic heterocycles. The molecule has 2 heterocycles. The number of hydrogen-bond donors (Lipinski definition) is 0. The van der Waals surface area contributed by atoms with Crippen LogP contribution in [0.3, 0.4) is 0 Å². The summed E-state index contributed by atoms with van der Waals surface area (Å²) in [7, 11) is 0. The van der Waals surface area contributed by atoms with Gasteiger partial charge in [0, 0.05) is 25.8 Å². The minimum absolute atomic E-state index is 0.425. The molecule has 22 heavy (non-hydrogen) atoms. The summed E-state index contributed by atoms with van der Waals surface area (Å²) in [5, 5.41) is 0. The van der Waals surface area contributed by atoms with Crippen LogP contribution in [0.5, 0.6) is 0 Å². The number of alkyl halides is 3. The van der Waals surface area contributed by atoms with Crippen LogP contribution in [0.1, 0.15) is 28.2 Å². The van der Waals surface area contributed by atoms with Gasteiger partial charge in [-0.2, -0.15) is 13.2 Å². The van der Waals surface area contributed by atoms with E-state index in [1.54, 1.807) is 0 Å². The summed E-state index contributed by atoms with van der Waals surface area (Å²) in [4.78, 5) is 9.25. The first kappa shape index (κ1) is 15.0. The lowest BCUT2D eigenvalue weighted by molar-refractivity contribution is -0.145. The second-order valence-corrected chi connectivity index (χ2v) is 5.61. The highest BCUT2D eigenvalue weighted by Gasteiger charge is 2.35. The maximum absolute atomic E-state index is 12.7. The molecule has 3 rings (SSSR count). The third-order valence-corrected chi connectivity index (χ3v) is 3.81. The maximum Gasteiger partial charge on any atom is 0.451 e. The van der Waals surface area contributed by atoms with E-state index < -0.39 is 12.0 Å². The topological polar surface area (TPSA) is 29.0 Å². The smallest absolute Gasteiger partial charge is 0.293 e. The van der Waals surface area contributed by atoms with Crippen LogP contribution < -0.4 is 0 Å². The van der Waals surface area contributed by atoms with Crippen molar-refractivity contribution in [3.63, 3.8) is 0 Å². The van der Waals surface area contributed by atoms with Crippen LogP contribution >= 0.6 is 0 Å². The van der Waals surface area contributed by atoms with Gasteiger partial charge < -0.3 is 0 Å². The van der Waals surface area contributed by atoms with E-state index >= 15 is 0 Å². The van der Waals surface area contributed by atoms with Crippen LogP contribution in [0, 0.1) is 6.92 Å². The van der Waals surface area contributed by atoms with Gasteiger partial charge in [0.2, 0.25) is 5.82 Å². The highest BCUT2D eigenvalue weighted by Crippen LogP contribution is 2.28. The fourth-order valence-corrected chi connectivity index (χ4v) is 2.58. The quantitative estimate of drug-likeness (QED) is 0.852. The average molecular weight is 307 g/mol. The van der Waals surface area contributed by atoms with Crippen molar-refractivity contribution in [2.75, 3.05) is 6.54 Å².